The zero-order valence-corrected chi connectivity index (χ0v) is 10.2. The highest BCUT2D eigenvalue weighted by atomic mass is 35.5. The number of rotatable bonds is 1. The summed E-state index contributed by atoms with van der Waals surface area (Å²) in [7, 11) is 0. The van der Waals surface area contributed by atoms with Gasteiger partial charge in [0.05, 0.1) is 10.0 Å². The number of phenolic OH excluding ortho intramolecular Hbond substituents is 1. The highest BCUT2D eigenvalue weighted by molar-refractivity contribution is 7.13. The van der Waals surface area contributed by atoms with Crippen LogP contribution in [-0.2, 0) is 0 Å². The van der Waals surface area contributed by atoms with Gasteiger partial charge in [-0.3, -0.25) is 0 Å². The van der Waals surface area contributed by atoms with E-state index in [0.717, 1.165) is 16.0 Å². The zero-order valence-electron chi connectivity index (χ0n) is 7.92. The van der Waals surface area contributed by atoms with Gasteiger partial charge in [-0.25, -0.2) is 0 Å². The van der Waals surface area contributed by atoms with E-state index in [9.17, 15) is 5.11 Å². The third kappa shape index (κ3) is 1.98. The molecule has 1 N–H and O–H groups in total. The molecule has 15 heavy (non-hydrogen) atoms. The fraction of sp³-hybridized carbons (Fsp3) is 0.0909. The smallest absolute Gasteiger partial charge is 0.135 e. The third-order valence-electron chi connectivity index (χ3n) is 2.14. The topological polar surface area (TPSA) is 20.2 Å². The molecule has 0 saturated carbocycles. The van der Waals surface area contributed by atoms with E-state index < -0.39 is 0 Å². The van der Waals surface area contributed by atoms with Crippen LogP contribution in [0, 0.1) is 6.92 Å². The Morgan fingerprint density at radius 3 is 2.53 bits per heavy atom. The van der Waals surface area contributed by atoms with Gasteiger partial charge in [0, 0.05) is 16.5 Å². The van der Waals surface area contributed by atoms with Crippen LogP contribution < -0.4 is 0 Å². The van der Waals surface area contributed by atoms with Gasteiger partial charge in [-0.15, -0.1) is 11.3 Å². The number of halogens is 2. The molecule has 0 aliphatic rings. The maximum absolute atomic E-state index is 9.38. The molecule has 0 radical (unpaired) electrons. The summed E-state index contributed by atoms with van der Waals surface area (Å²) in [4.78, 5) is 1.09. The summed E-state index contributed by atoms with van der Waals surface area (Å²) in [6.45, 7) is 2.02. The lowest BCUT2D eigenvalue weighted by Gasteiger charge is -2.05. The van der Waals surface area contributed by atoms with E-state index in [4.69, 9.17) is 23.2 Å². The lowest BCUT2D eigenvalue weighted by molar-refractivity contribution is 0.475. The molecule has 0 atom stereocenters. The quantitative estimate of drug-likeness (QED) is 0.784. The molecular weight excluding hydrogens is 251 g/mol. The predicted molar refractivity (Wildman–Crippen MR) is 66.2 cm³/mol. The molecule has 1 heterocycles. The molecule has 0 bridgehead atoms. The van der Waals surface area contributed by atoms with Gasteiger partial charge in [-0.2, -0.15) is 0 Å². The summed E-state index contributed by atoms with van der Waals surface area (Å²) in [5, 5.41) is 12.2. The van der Waals surface area contributed by atoms with Gasteiger partial charge in [-0.05, 0) is 30.0 Å². The Balaban J connectivity index is 2.64. The normalized spacial score (nSPS) is 10.6. The molecule has 0 aliphatic heterocycles. The van der Waals surface area contributed by atoms with Crippen molar-refractivity contribution in [2.45, 2.75) is 6.92 Å². The molecule has 2 rings (SSSR count). The summed E-state index contributed by atoms with van der Waals surface area (Å²) in [6.07, 6.45) is 0. The highest BCUT2D eigenvalue weighted by Gasteiger charge is 2.11. The molecule has 0 spiro atoms. The maximum Gasteiger partial charge on any atom is 0.135 e. The second-order valence-corrected chi connectivity index (χ2v) is 4.95. The second-order valence-electron chi connectivity index (χ2n) is 3.22. The van der Waals surface area contributed by atoms with E-state index in [1.165, 1.54) is 6.07 Å². The van der Waals surface area contributed by atoms with Gasteiger partial charge in [0.15, 0.2) is 0 Å². The zero-order chi connectivity index (χ0) is 11.0. The molecule has 2 aromatic rings. The van der Waals surface area contributed by atoms with Crippen LogP contribution in [0.3, 0.4) is 0 Å². The van der Waals surface area contributed by atoms with Crippen molar-refractivity contribution in [3.8, 4) is 16.2 Å². The summed E-state index contributed by atoms with van der Waals surface area (Å²) in [5.74, 6) is 0.0135. The minimum Gasteiger partial charge on any atom is -0.506 e. The Hall–Kier alpha value is -0.700. The Morgan fingerprint density at radius 1 is 1.20 bits per heavy atom. The van der Waals surface area contributed by atoms with Gasteiger partial charge < -0.3 is 5.11 Å². The van der Waals surface area contributed by atoms with Crippen molar-refractivity contribution in [2.75, 3.05) is 0 Å². The number of aryl methyl sites for hydroxylation is 1. The first-order valence-corrected chi connectivity index (χ1v) is 5.95. The molecule has 1 nitrogen and oxygen atoms in total. The Bertz CT molecular complexity index is 505. The van der Waals surface area contributed by atoms with Gasteiger partial charge >= 0.3 is 0 Å². The lowest BCUT2D eigenvalue weighted by Crippen LogP contribution is -1.79. The highest BCUT2D eigenvalue weighted by Crippen LogP contribution is 2.39. The van der Waals surface area contributed by atoms with Crippen LogP contribution in [0.1, 0.15) is 5.56 Å². The van der Waals surface area contributed by atoms with Crippen LogP contribution in [-0.4, -0.2) is 5.11 Å². The Labute approximate surface area is 102 Å². The van der Waals surface area contributed by atoms with Crippen LogP contribution in [0.4, 0.5) is 0 Å². The van der Waals surface area contributed by atoms with Crippen LogP contribution in [0.25, 0.3) is 10.4 Å². The third-order valence-corrected chi connectivity index (χ3v) is 3.81. The van der Waals surface area contributed by atoms with Gasteiger partial charge in [0.1, 0.15) is 5.75 Å². The average Bonchev–Trinajstić information content (AvgIpc) is 2.58. The fourth-order valence-corrected chi connectivity index (χ4v) is 2.79. The monoisotopic (exact) mass is 258 g/mol. The molecule has 1 aromatic carbocycles. The molecule has 4 heteroatoms. The predicted octanol–water partition coefficient (Wildman–Crippen LogP) is 4.74. The van der Waals surface area contributed by atoms with E-state index >= 15 is 0 Å². The molecule has 0 aliphatic carbocycles. The molecule has 78 valence electrons. The van der Waals surface area contributed by atoms with E-state index in [1.54, 1.807) is 17.4 Å². The first-order valence-electron chi connectivity index (χ1n) is 4.32. The molecule has 0 saturated heterocycles. The summed E-state index contributed by atoms with van der Waals surface area (Å²) < 4.78 is 0. The van der Waals surface area contributed by atoms with Crippen LogP contribution >= 0.6 is 34.5 Å². The van der Waals surface area contributed by atoms with Crippen molar-refractivity contribution >= 4 is 34.5 Å². The van der Waals surface area contributed by atoms with Crippen molar-refractivity contribution in [3.05, 3.63) is 39.2 Å². The molecule has 0 fully saturated rings. The van der Waals surface area contributed by atoms with Crippen LogP contribution in [0.5, 0.6) is 5.75 Å². The van der Waals surface area contributed by atoms with Gasteiger partial charge in [0.2, 0.25) is 0 Å². The first-order chi connectivity index (χ1) is 7.09. The van der Waals surface area contributed by atoms with E-state index in [1.807, 2.05) is 18.4 Å². The summed E-state index contributed by atoms with van der Waals surface area (Å²) >= 11 is 13.5. The van der Waals surface area contributed by atoms with Crippen molar-refractivity contribution in [2.24, 2.45) is 0 Å². The molecule has 0 unspecified atom stereocenters. The lowest BCUT2D eigenvalue weighted by atomic mass is 10.1. The van der Waals surface area contributed by atoms with Crippen LogP contribution in [0.15, 0.2) is 23.6 Å². The van der Waals surface area contributed by atoms with Crippen molar-refractivity contribution in [1.82, 2.24) is 0 Å². The molecule has 1 aromatic heterocycles. The number of hydrogen-bond acceptors (Lipinski definition) is 2. The number of aromatic hydroxyl groups is 1. The minimum atomic E-state index is 0.0135. The number of benzene rings is 1. The largest absolute Gasteiger partial charge is 0.506 e. The first kappa shape index (κ1) is 10.8. The summed E-state index contributed by atoms with van der Waals surface area (Å²) in [5.41, 5.74) is 2.02. The fourth-order valence-electron chi connectivity index (χ4n) is 1.36. The average molecular weight is 259 g/mol. The van der Waals surface area contributed by atoms with E-state index in [0.29, 0.717) is 10.0 Å². The Kier molecular flexibility index (Phi) is 2.91. The standard InChI is InChI=1S/C11H8Cl2OS/c1-6-2-3-15-11(6)7-4-9(13)10(14)5-8(7)12/h2-5,14H,1H3. The van der Waals surface area contributed by atoms with E-state index in [2.05, 4.69) is 0 Å². The molecular formula is C11H8Cl2OS. The van der Waals surface area contributed by atoms with Crippen molar-refractivity contribution < 1.29 is 5.11 Å². The number of phenols is 1. The number of hydrogen-bond donors (Lipinski definition) is 1. The Morgan fingerprint density at radius 2 is 1.93 bits per heavy atom. The van der Waals surface area contributed by atoms with Crippen molar-refractivity contribution in [1.29, 1.82) is 0 Å². The SMILES string of the molecule is Cc1ccsc1-c1cc(Cl)c(O)cc1Cl. The number of thiophene rings is 1. The summed E-state index contributed by atoms with van der Waals surface area (Å²) in [6, 6.07) is 5.19. The molecule has 0 amide bonds. The second kappa shape index (κ2) is 4.05. The minimum absolute atomic E-state index is 0.0135. The van der Waals surface area contributed by atoms with Gasteiger partial charge in [0.25, 0.3) is 0 Å². The van der Waals surface area contributed by atoms with Crippen LogP contribution in [0.2, 0.25) is 10.0 Å². The van der Waals surface area contributed by atoms with Gasteiger partial charge in [-0.1, -0.05) is 23.2 Å². The van der Waals surface area contributed by atoms with Crippen molar-refractivity contribution in [3.63, 3.8) is 0 Å². The van der Waals surface area contributed by atoms with E-state index in [-0.39, 0.29) is 5.75 Å². The maximum atomic E-state index is 9.38.